The van der Waals surface area contributed by atoms with Crippen LogP contribution in [0.25, 0.3) is 0 Å². The van der Waals surface area contributed by atoms with Gasteiger partial charge in [-0.05, 0) is 12.1 Å². The standard InChI is InChI=1S/C12H12ClNO4/c1-18-11(16)5-10(15)12(17)8-3-2-7(6-14)4-9(8)13/h2-4,10,12,15,17H,5H2,1H3. The van der Waals surface area contributed by atoms with Crippen LogP contribution < -0.4 is 0 Å². The lowest BCUT2D eigenvalue weighted by atomic mass is 10.0. The molecule has 0 radical (unpaired) electrons. The molecule has 2 N–H and O–H groups in total. The summed E-state index contributed by atoms with van der Waals surface area (Å²) in [7, 11) is 1.19. The molecule has 96 valence electrons. The average Bonchev–Trinajstić information content (AvgIpc) is 2.37. The minimum Gasteiger partial charge on any atom is -0.469 e. The van der Waals surface area contributed by atoms with Gasteiger partial charge < -0.3 is 14.9 Å². The van der Waals surface area contributed by atoms with E-state index in [2.05, 4.69) is 4.74 Å². The smallest absolute Gasteiger partial charge is 0.308 e. The molecule has 0 heterocycles. The molecular weight excluding hydrogens is 258 g/mol. The molecule has 0 aliphatic carbocycles. The van der Waals surface area contributed by atoms with E-state index in [1.54, 1.807) is 0 Å². The number of benzene rings is 1. The zero-order valence-electron chi connectivity index (χ0n) is 9.63. The second-order valence-corrected chi connectivity index (χ2v) is 4.05. The van der Waals surface area contributed by atoms with Gasteiger partial charge in [0.15, 0.2) is 0 Å². The van der Waals surface area contributed by atoms with Crippen molar-refractivity contribution in [2.24, 2.45) is 0 Å². The number of hydrogen-bond donors (Lipinski definition) is 2. The quantitative estimate of drug-likeness (QED) is 0.801. The van der Waals surface area contributed by atoms with Crippen molar-refractivity contribution in [3.8, 4) is 6.07 Å². The first-order valence-electron chi connectivity index (χ1n) is 5.12. The summed E-state index contributed by atoms with van der Waals surface area (Å²) >= 11 is 5.88. The molecule has 0 saturated heterocycles. The number of rotatable bonds is 4. The fraction of sp³-hybridized carbons (Fsp3) is 0.333. The molecule has 0 aliphatic heterocycles. The third-order valence-corrected chi connectivity index (χ3v) is 2.74. The van der Waals surface area contributed by atoms with Gasteiger partial charge in [-0.3, -0.25) is 4.79 Å². The highest BCUT2D eigenvalue weighted by molar-refractivity contribution is 6.31. The first kappa shape index (κ1) is 14.5. The molecule has 6 heteroatoms. The van der Waals surface area contributed by atoms with Gasteiger partial charge in [-0.25, -0.2) is 0 Å². The van der Waals surface area contributed by atoms with Crippen molar-refractivity contribution in [3.05, 3.63) is 34.3 Å². The lowest BCUT2D eigenvalue weighted by molar-refractivity contribution is -0.144. The Hall–Kier alpha value is -1.61. The first-order chi connectivity index (χ1) is 8.49. The minimum atomic E-state index is -1.32. The molecule has 0 aliphatic rings. The van der Waals surface area contributed by atoms with E-state index in [9.17, 15) is 15.0 Å². The van der Waals surface area contributed by atoms with E-state index in [1.807, 2.05) is 6.07 Å². The monoisotopic (exact) mass is 269 g/mol. The molecule has 0 spiro atoms. The number of ether oxygens (including phenoxy) is 1. The summed E-state index contributed by atoms with van der Waals surface area (Å²) in [6.07, 6.45) is -2.97. The Morgan fingerprint density at radius 3 is 2.72 bits per heavy atom. The maximum Gasteiger partial charge on any atom is 0.308 e. The predicted molar refractivity (Wildman–Crippen MR) is 63.8 cm³/mol. The van der Waals surface area contributed by atoms with E-state index in [1.165, 1.54) is 25.3 Å². The molecule has 1 aromatic rings. The summed E-state index contributed by atoms with van der Waals surface area (Å²) in [6.45, 7) is 0. The van der Waals surface area contributed by atoms with Crippen LogP contribution in [-0.4, -0.2) is 29.4 Å². The van der Waals surface area contributed by atoms with E-state index in [0.29, 0.717) is 5.56 Å². The van der Waals surface area contributed by atoms with Crippen LogP contribution in [-0.2, 0) is 9.53 Å². The van der Waals surface area contributed by atoms with Gasteiger partial charge >= 0.3 is 5.97 Å². The number of aliphatic hydroxyl groups excluding tert-OH is 2. The minimum absolute atomic E-state index is 0.158. The third kappa shape index (κ3) is 3.44. The van der Waals surface area contributed by atoms with Gasteiger partial charge in [-0.1, -0.05) is 17.7 Å². The highest BCUT2D eigenvalue weighted by Crippen LogP contribution is 2.27. The molecule has 0 amide bonds. The number of hydrogen-bond acceptors (Lipinski definition) is 5. The van der Waals surface area contributed by atoms with Crippen molar-refractivity contribution in [1.29, 1.82) is 5.26 Å². The Morgan fingerprint density at radius 2 is 2.22 bits per heavy atom. The summed E-state index contributed by atoms with van der Waals surface area (Å²) in [4.78, 5) is 11.0. The summed E-state index contributed by atoms with van der Waals surface area (Å²) in [5.41, 5.74) is 0.602. The number of carbonyl (C=O) groups excluding carboxylic acids is 1. The van der Waals surface area contributed by atoms with E-state index in [4.69, 9.17) is 16.9 Å². The van der Waals surface area contributed by atoms with Crippen LogP contribution in [0.1, 0.15) is 23.7 Å². The molecular formula is C12H12ClNO4. The van der Waals surface area contributed by atoms with Crippen LogP contribution in [0.4, 0.5) is 0 Å². The van der Waals surface area contributed by atoms with Crippen LogP contribution in [0.2, 0.25) is 5.02 Å². The molecule has 1 rings (SSSR count). The predicted octanol–water partition coefficient (Wildman–Crippen LogP) is 1.17. The number of esters is 1. The van der Waals surface area contributed by atoms with Gasteiger partial charge in [0, 0.05) is 10.6 Å². The molecule has 0 saturated carbocycles. The van der Waals surface area contributed by atoms with Crippen LogP contribution in [0.5, 0.6) is 0 Å². The summed E-state index contributed by atoms with van der Waals surface area (Å²) < 4.78 is 4.39. The van der Waals surface area contributed by atoms with Gasteiger partial charge in [0.05, 0.1) is 31.3 Å². The Balaban J connectivity index is 2.87. The molecule has 2 unspecified atom stereocenters. The molecule has 0 aromatic heterocycles. The molecule has 0 bridgehead atoms. The molecule has 0 fully saturated rings. The van der Waals surface area contributed by atoms with E-state index >= 15 is 0 Å². The van der Waals surface area contributed by atoms with Crippen LogP contribution >= 0.6 is 11.6 Å². The van der Waals surface area contributed by atoms with Crippen LogP contribution in [0, 0.1) is 11.3 Å². The molecule has 2 atom stereocenters. The van der Waals surface area contributed by atoms with Crippen molar-refractivity contribution >= 4 is 17.6 Å². The summed E-state index contributed by atoms with van der Waals surface area (Å²) in [5.74, 6) is -0.633. The number of nitriles is 1. The normalized spacial score (nSPS) is 13.5. The zero-order valence-corrected chi connectivity index (χ0v) is 10.4. The average molecular weight is 270 g/mol. The number of methoxy groups -OCH3 is 1. The Labute approximate surface area is 109 Å². The second kappa shape index (κ2) is 6.36. The van der Waals surface area contributed by atoms with E-state index in [0.717, 1.165) is 0 Å². The topological polar surface area (TPSA) is 90.6 Å². The number of halogens is 1. The fourth-order valence-corrected chi connectivity index (χ4v) is 1.70. The highest BCUT2D eigenvalue weighted by atomic mass is 35.5. The second-order valence-electron chi connectivity index (χ2n) is 3.64. The Bertz CT molecular complexity index is 483. The SMILES string of the molecule is COC(=O)CC(O)C(O)c1ccc(C#N)cc1Cl. The lowest BCUT2D eigenvalue weighted by Crippen LogP contribution is -2.22. The van der Waals surface area contributed by atoms with Gasteiger partial charge in [0.1, 0.15) is 6.10 Å². The van der Waals surface area contributed by atoms with Crippen LogP contribution in [0.3, 0.4) is 0 Å². The van der Waals surface area contributed by atoms with Crippen LogP contribution in [0.15, 0.2) is 18.2 Å². The van der Waals surface area contributed by atoms with Gasteiger partial charge in [0.2, 0.25) is 0 Å². The van der Waals surface area contributed by atoms with Gasteiger partial charge in [-0.15, -0.1) is 0 Å². The van der Waals surface area contributed by atoms with Gasteiger partial charge in [-0.2, -0.15) is 5.26 Å². The number of aliphatic hydroxyl groups is 2. The van der Waals surface area contributed by atoms with Crippen molar-refractivity contribution in [3.63, 3.8) is 0 Å². The maximum atomic E-state index is 11.0. The van der Waals surface area contributed by atoms with E-state index in [-0.39, 0.29) is 17.0 Å². The Kier molecular flexibility index (Phi) is 5.10. The van der Waals surface area contributed by atoms with Crippen molar-refractivity contribution < 1.29 is 19.7 Å². The maximum absolute atomic E-state index is 11.0. The highest BCUT2D eigenvalue weighted by Gasteiger charge is 2.23. The van der Waals surface area contributed by atoms with Crippen molar-refractivity contribution in [2.45, 2.75) is 18.6 Å². The molecule has 1 aromatic carbocycles. The number of carbonyl (C=O) groups is 1. The summed E-state index contributed by atoms with van der Waals surface area (Å²) in [6, 6.07) is 6.19. The molecule has 5 nitrogen and oxygen atoms in total. The lowest BCUT2D eigenvalue weighted by Gasteiger charge is -2.18. The number of nitrogens with zero attached hydrogens (tertiary/aromatic N) is 1. The molecule has 18 heavy (non-hydrogen) atoms. The fourth-order valence-electron chi connectivity index (χ4n) is 1.41. The Morgan fingerprint density at radius 1 is 1.56 bits per heavy atom. The third-order valence-electron chi connectivity index (χ3n) is 2.42. The summed E-state index contributed by atoms with van der Waals surface area (Å²) in [5, 5.41) is 28.3. The van der Waals surface area contributed by atoms with Crippen molar-refractivity contribution in [1.82, 2.24) is 0 Å². The van der Waals surface area contributed by atoms with E-state index < -0.39 is 18.2 Å². The first-order valence-corrected chi connectivity index (χ1v) is 5.50. The van der Waals surface area contributed by atoms with Gasteiger partial charge in [0.25, 0.3) is 0 Å². The largest absolute Gasteiger partial charge is 0.469 e. The zero-order chi connectivity index (χ0) is 13.7. The van der Waals surface area contributed by atoms with Crippen molar-refractivity contribution in [2.75, 3.05) is 7.11 Å².